The van der Waals surface area contributed by atoms with Crippen LogP contribution in [0.5, 0.6) is 0 Å². The van der Waals surface area contributed by atoms with Gasteiger partial charge in [-0.15, -0.1) is 0 Å². The van der Waals surface area contributed by atoms with E-state index in [1.54, 1.807) is 0 Å². The van der Waals surface area contributed by atoms with Crippen molar-refractivity contribution in [3.8, 4) is 0 Å². The van der Waals surface area contributed by atoms with E-state index in [1.807, 2.05) is 0 Å². The molecule has 90 valence electrons. The van der Waals surface area contributed by atoms with Crippen molar-refractivity contribution < 1.29 is 17.8 Å². The van der Waals surface area contributed by atoms with E-state index >= 15 is 0 Å². The summed E-state index contributed by atoms with van der Waals surface area (Å²) in [5, 5.41) is 4.91. The predicted octanol–water partition coefficient (Wildman–Crippen LogP) is 1.42. The lowest BCUT2D eigenvalue weighted by molar-refractivity contribution is -0.116. The highest BCUT2D eigenvalue weighted by molar-refractivity contribution is 9.10. The van der Waals surface area contributed by atoms with Crippen LogP contribution in [-0.4, -0.2) is 25.1 Å². The largest absolute Gasteiger partial charge is 0.294 e. The van der Waals surface area contributed by atoms with E-state index in [2.05, 4.69) is 21.0 Å². The van der Waals surface area contributed by atoms with Gasteiger partial charge in [0.1, 0.15) is 0 Å². The maximum Gasteiger partial charge on any atom is 0.294 e. The van der Waals surface area contributed by atoms with Crippen LogP contribution >= 0.6 is 15.9 Å². The highest BCUT2D eigenvalue weighted by atomic mass is 79.9. The lowest BCUT2D eigenvalue weighted by Gasteiger charge is -2.14. The lowest BCUT2D eigenvalue weighted by Crippen LogP contribution is -2.20. The number of hydrogen-bond acceptors (Lipinski definition) is 4. The molecule has 0 spiro atoms. The van der Waals surface area contributed by atoms with Gasteiger partial charge in [0.2, 0.25) is 0 Å². The van der Waals surface area contributed by atoms with Crippen LogP contribution in [-0.2, 0) is 14.9 Å². The Bertz CT molecular complexity index is 611. The van der Waals surface area contributed by atoms with E-state index in [-0.39, 0.29) is 22.9 Å². The van der Waals surface area contributed by atoms with Crippen LogP contribution in [0, 0.1) is 0 Å². The zero-order valence-electron chi connectivity index (χ0n) is 8.37. The number of rotatable bonds is 2. The van der Waals surface area contributed by atoms with Crippen molar-refractivity contribution in [2.24, 2.45) is 5.10 Å². The minimum Gasteiger partial charge on any atom is -0.282 e. The van der Waals surface area contributed by atoms with E-state index in [4.69, 9.17) is 4.55 Å². The van der Waals surface area contributed by atoms with Gasteiger partial charge in [-0.05, 0) is 34.1 Å². The molecule has 1 aromatic carbocycles. The number of halogens is 1. The maximum atomic E-state index is 11.5. The molecule has 0 saturated carbocycles. The highest BCUT2D eigenvalue weighted by Crippen LogP contribution is 2.30. The number of amides is 1. The quantitative estimate of drug-likeness (QED) is 0.835. The van der Waals surface area contributed by atoms with Gasteiger partial charge < -0.3 is 0 Å². The summed E-state index contributed by atoms with van der Waals surface area (Å²) in [4.78, 5) is 11.2. The van der Waals surface area contributed by atoms with E-state index < -0.39 is 10.1 Å². The molecule has 0 aromatic heterocycles. The lowest BCUT2D eigenvalue weighted by atomic mass is 10.3. The smallest absolute Gasteiger partial charge is 0.282 e. The number of hydrazone groups is 1. The third-order valence-corrected chi connectivity index (χ3v) is 3.66. The molecule has 0 bridgehead atoms. The summed E-state index contributed by atoms with van der Waals surface area (Å²) in [6.07, 6.45) is 1.59. The molecule has 0 unspecified atom stereocenters. The summed E-state index contributed by atoms with van der Waals surface area (Å²) in [5.74, 6) is -0.266. The fourth-order valence-electron chi connectivity index (χ4n) is 1.36. The Morgan fingerprint density at radius 3 is 2.65 bits per heavy atom. The van der Waals surface area contributed by atoms with Gasteiger partial charge in [-0.2, -0.15) is 18.5 Å². The number of nitrogens with zero attached hydrogens (tertiary/aromatic N) is 2. The number of benzene rings is 1. The molecule has 6 nitrogen and oxygen atoms in total. The molecule has 0 saturated heterocycles. The topological polar surface area (TPSA) is 87.0 Å². The van der Waals surface area contributed by atoms with Crippen LogP contribution in [0.15, 0.2) is 32.7 Å². The van der Waals surface area contributed by atoms with Crippen LogP contribution < -0.4 is 5.01 Å². The molecule has 0 atom stereocenters. The van der Waals surface area contributed by atoms with Crippen molar-refractivity contribution in [2.45, 2.75) is 11.3 Å². The summed E-state index contributed by atoms with van der Waals surface area (Å²) in [7, 11) is -4.30. The molecule has 1 aliphatic heterocycles. The van der Waals surface area contributed by atoms with Crippen LogP contribution in [0.3, 0.4) is 0 Å². The van der Waals surface area contributed by atoms with Gasteiger partial charge >= 0.3 is 0 Å². The van der Waals surface area contributed by atoms with Crippen LogP contribution in [0.25, 0.3) is 0 Å². The first-order valence-electron chi connectivity index (χ1n) is 4.52. The summed E-state index contributed by atoms with van der Waals surface area (Å²) in [6, 6.07) is 3.84. The molecule has 17 heavy (non-hydrogen) atoms. The Morgan fingerprint density at radius 1 is 1.41 bits per heavy atom. The van der Waals surface area contributed by atoms with Crippen LogP contribution in [0.2, 0.25) is 0 Å². The number of carbonyl (C=O) groups is 1. The van der Waals surface area contributed by atoms with E-state index in [1.165, 1.54) is 24.4 Å². The van der Waals surface area contributed by atoms with Crippen molar-refractivity contribution in [1.82, 2.24) is 0 Å². The Labute approximate surface area is 106 Å². The molecule has 0 fully saturated rings. The van der Waals surface area contributed by atoms with Crippen molar-refractivity contribution >= 4 is 43.9 Å². The first-order valence-corrected chi connectivity index (χ1v) is 6.75. The van der Waals surface area contributed by atoms with Crippen molar-refractivity contribution in [1.29, 1.82) is 0 Å². The Morgan fingerprint density at radius 2 is 2.12 bits per heavy atom. The van der Waals surface area contributed by atoms with Gasteiger partial charge in [0.25, 0.3) is 16.0 Å². The molecule has 2 rings (SSSR count). The van der Waals surface area contributed by atoms with Crippen molar-refractivity contribution in [2.75, 3.05) is 5.01 Å². The predicted molar refractivity (Wildman–Crippen MR) is 64.6 cm³/mol. The molecular weight excluding hydrogens is 312 g/mol. The second-order valence-corrected chi connectivity index (χ2v) is 5.57. The molecule has 1 aliphatic rings. The summed E-state index contributed by atoms with van der Waals surface area (Å²) < 4.78 is 31.4. The van der Waals surface area contributed by atoms with E-state index in [9.17, 15) is 13.2 Å². The third-order valence-electron chi connectivity index (χ3n) is 2.14. The first-order chi connectivity index (χ1) is 7.89. The van der Waals surface area contributed by atoms with Gasteiger partial charge in [-0.1, -0.05) is 0 Å². The molecule has 0 aliphatic carbocycles. The summed E-state index contributed by atoms with van der Waals surface area (Å²) >= 11 is 3.19. The SMILES string of the molecule is O=C1CC=NN1c1cc(S(=O)(=O)O)ccc1Br. The maximum absolute atomic E-state index is 11.5. The molecule has 1 heterocycles. The Hall–Kier alpha value is -1.25. The molecule has 1 amide bonds. The van der Waals surface area contributed by atoms with Gasteiger partial charge in [0.05, 0.1) is 17.0 Å². The standard InChI is InChI=1S/C9H7BrN2O4S/c10-7-2-1-6(17(14,15)16)5-8(7)12-9(13)3-4-11-12/h1-2,4-5H,3H2,(H,14,15,16). The average Bonchev–Trinajstić information content (AvgIpc) is 2.63. The molecule has 1 N–H and O–H groups in total. The first kappa shape index (κ1) is 12.2. The monoisotopic (exact) mass is 318 g/mol. The molecular formula is C9H7BrN2O4S. The minimum atomic E-state index is -4.30. The molecule has 1 aromatic rings. The minimum absolute atomic E-state index is 0.169. The second-order valence-electron chi connectivity index (χ2n) is 3.30. The number of carbonyl (C=O) groups excluding carboxylic acids is 1. The fourth-order valence-corrected chi connectivity index (χ4v) is 2.28. The second kappa shape index (κ2) is 4.21. The fraction of sp³-hybridized carbons (Fsp3) is 0.111. The number of anilines is 1. The van der Waals surface area contributed by atoms with E-state index in [0.29, 0.717) is 4.47 Å². The normalized spacial score (nSPS) is 15.6. The van der Waals surface area contributed by atoms with Gasteiger partial charge in [0, 0.05) is 10.7 Å². The summed E-state index contributed by atoms with van der Waals surface area (Å²) in [6.45, 7) is 0. The zero-order valence-corrected chi connectivity index (χ0v) is 10.8. The summed E-state index contributed by atoms with van der Waals surface area (Å²) in [5.41, 5.74) is 0.277. The Balaban J connectivity index is 2.54. The Kier molecular flexibility index (Phi) is 3.02. The number of hydrogen-bond donors (Lipinski definition) is 1. The van der Waals surface area contributed by atoms with Gasteiger partial charge in [0.15, 0.2) is 0 Å². The van der Waals surface area contributed by atoms with Gasteiger partial charge in [-0.3, -0.25) is 9.35 Å². The van der Waals surface area contributed by atoms with Crippen LogP contribution in [0.1, 0.15) is 6.42 Å². The zero-order chi connectivity index (χ0) is 12.6. The van der Waals surface area contributed by atoms with E-state index in [0.717, 1.165) is 5.01 Å². The molecule has 8 heteroatoms. The highest BCUT2D eigenvalue weighted by Gasteiger charge is 2.22. The average molecular weight is 319 g/mol. The van der Waals surface area contributed by atoms with Crippen LogP contribution in [0.4, 0.5) is 5.69 Å². The van der Waals surface area contributed by atoms with Crippen molar-refractivity contribution in [3.05, 3.63) is 22.7 Å². The van der Waals surface area contributed by atoms with Crippen molar-refractivity contribution in [3.63, 3.8) is 0 Å². The van der Waals surface area contributed by atoms with Gasteiger partial charge in [-0.25, -0.2) is 0 Å². The molecule has 0 radical (unpaired) electrons. The third kappa shape index (κ3) is 2.38.